The van der Waals surface area contributed by atoms with Crippen LogP contribution in [-0.2, 0) is 4.74 Å². The van der Waals surface area contributed by atoms with Crippen LogP contribution in [-0.4, -0.2) is 18.7 Å². The minimum Gasteiger partial charge on any atom is -0.364 e. The van der Waals surface area contributed by atoms with E-state index < -0.39 is 0 Å². The van der Waals surface area contributed by atoms with Gasteiger partial charge in [-0.2, -0.15) is 0 Å². The fourth-order valence-electron chi connectivity index (χ4n) is 3.80. The molecule has 2 aromatic rings. The second-order valence-electron chi connectivity index (χ2n) is 6.52. The van der Waals surface area contributed by atoms with Crippen molar-refractivity contribution >= 4 is 21.4 Å². The summed E-state index contributed by atoms with van der Waals surface area (Å²) in [5, 5.41) is 5.00. The fraction of sp³-hybridized carbons (Fsp3) is 0.556. The van der Waals surface area contributed by atoms with E-state index in [2.05, 4.69) is 35.6 Å². The lowest BCUT2D eigenvalue weighted by Gasteiger charge is -2.41. The summed E-state index contributed by atoms with van der Waals surface area (Å²) in [6.07, 6.45) is 8.07. The number of rotatable bonds is 1. The lowest BCUT2D eigenvalue weighted by Crippen LogP contribution is -2.50. The Morgan fingerprint density at radius 2 is 1.90 bits per heavy atom. The quantitative estimate of drug-likeness (QED) is 0.827. The standard InChI is InChI=1S/C18H23NOS/c1-2-6-10-18(9-5-1)13-19-12-15(20-18)17-11-14-7-3-4-8-16(14)21-17/h3-4,7-8,11,15,19H,1-2,5-6,9-10,12-13H2. The van der Waals surface area contributed by atoms with Crippen molar-refractivity contribution < 1.29 is 4.74 Å². The number of fused-ring (bicyclic) bond motifs is 1. The highest BCUT2D eigenvalue weighted by molar-refractivity contribution is 7.19. The van der Waals surface area contributed by atoms with Crippen LogP contribution in [0.5, 0.6) is 0 Å². The minimum absolute atomic E-state index is 0.0928. The zero-order chi connectivity index (χ0) is 14.1. The van der Waals surface area contributed by atoms with E-state index in [0.29, 0.717) is 0 Å². The van der Waals surface area contributed by atoms with Gasteiger partial charge in [-0.1, -0.05) is 43.9 Å². The van der Waals surface area contributed by atoms with E-state index >= 15 is 0 Å². The second kappa shape index (κ2) is 5.71. The smallest absolute Gasteiger partial charge is 0.105 e. The molecule has 1 aromatic heterocycles. The summed E-state index contributed by atoms with van der Waals surface area (Å²) in [7, 11) is 0. The molecule has 3 heteroatoms. The molecule has 1 atom stereocenters. The minimum atomic E-state index is 0.0928. The molecule has 1 aliphatic carbocycles. The molecule has 1 saturated heterocycles. The highest BCUT2D eigenvalue weighted by Gasteiger charge is 2.38. The van der Waals surface area contributed by atoms with Crippen LogP contribution >= 0.6 is 11.3 Å². The van der Waals surface area contributed by atoms with Crippen molar-refractivity contribution in [2.24, 2.45) is 0 Å². The molecule has 2 fully saturated rings. The first-order valence-electron chi connectivity index (χ1n) is 8.22. The second-order valence-corrected chi connectivity index (χ2v) is 7.64. The zero-order valence-electron chi connectivity index (χ0n) is 12.4. The summed E-state index contributed by atoms with van der Waals surface area (Å²) in [4.78, 5) is 1.38. The van der Waals surface area contributed by atoms with Gasteiger partial charge in [0.2, 0.25) is 0 Å². The molecule has 2 heterocycles. The average molecular weight is 301 g/mol. The van der Waals surface area contributed by atoms with Crippen LogP contribution in [0.2, 0.25) is 0 Å². The molecular formula is C18H23NOS. The molecule has 1 N–H and O–H groups in total. The van der Waals surface area contributed by atoms with Gasteiger partial charge in [0, 0.05) is 22.7 Å². The van der Waals surface area contributed by atoms with Crippen LogP contribution in [0.4, 0.5) is 0 Å². The van der Waals surface area contributed by atoms with Crippen LogP contribution in [0.3, 0.4) is 0 Å². The zero-order valence-corrected chi connectivity index (χ0v) is 13.3. The number of thiophene rings is 1. The van der Waals surface area contributed by atoms with Crippen molar-refractivity contribution in [3.8, 4) is 0 Å². The Morgan fingerprint density at radius 3 is 2.71 bits per heavy atom. The summed E-state index contributed by atoms with van der Waals surface area (Å²) in [6.45, 7) is 1.99. The van der Waals surface area contributed by atoms with E-state index in [1.807, 2.05) is 11.3 Å². The summed E-state index contributed by atoms with van der Waals surface area (Å²) in [6, 6.07) is 11.0. The molecule has 0 radical (unpaired) electrons. The Kier molecular flexibility index (Phi) is 3.74. The van der Waals surface area contributed by atoms with E-state index in [1.165, 1.54) is 53.5 Å². The highest BCUT2D eigenvalue weighted by atomic mass is 32.1. The molecule has 4 rings (SSSR count). The average Bonchev–Trinajstić information content (AvgIpc) is 2.83. The molecule has 1 aliphatic heterocycles. The number of hydrogen-bond acceptors (Lipinski definition) is 3. The Morgan fingerprint density at radius 1 is 1.10 bits per heavy atom. The predicted molar refractivity (Wildman–Crippen MR) is 89.0 cm³/mol. The van der Waals surface area contributed by atoms with Gasteiger partial charge in [-0.3, -0.25) is 0 Å². The van der Waals surface area contributed by atoms with Gasteiger partial charge in [-0.25, -0.2) is 0 Å². The van der Waals surface area contributed by atoms with Crippen molar-refractivity contribution in [2.45, 2.75) is 50.2 Å². The van der Waals surface area contributed by atoms with Gasteiger partial charge >= 0.3 is 0 Å². The SMILES string of the molecule is c1ccc2sc(C3CNCC4(CCCCCC4)O3)cc2c1. The van der Waals surface area contributed by atoms with Crippen LogP contribution < -0.4 is 5.32 Å². The molecule has 21 heavy (non-hydrogen) atoms. The normalized spacial score (nSPS) is 26.0. The van der Waals surface area contributed by atoms with Gasteiger partial charge in [-0.05, 0) is 30.4 Å². The Bertz CT molecular complexity index is 579. The van der Waals surface area contributed by atoms with Gasteiger partial charge < -0.3 is 10.1 Å². The maximum Gasteiger partial charge on any atom is 0.105 e. The van der Waals surface area contributed by atoms with Crippen molar-refractivity contribution in [2.75, 3.05) is 13.1 Å². The topological polar surface area (TPSA) is 21.3 Å². The van der Waals surface area contributed by atoms with Crippen molar-refractivity contribution in [3.05, 3.63) is 35.2 Å². The lowest BCUT2D eigenvalue weighted by molar-refractivity contribution is -0.124. The fourth-order valence-corrected chi connectivity index (χ4v) is 4.90. The molecule has 1 unspecified atom stereocenters. The first kappa shape index (κ1) is 13.7. The van der Waals surface area contributed by atoms with Crippen LogP contribution in [0.15, 0.2) is 30.3 Å². The van der Waals surface area contributed by atoms with Crippen LogP contribution in [0.25, 0.3) is 10.1 Å². The number of ether oxygens (including phenoxy) is 1. The summed E-state index contributed by atoms with van der Waals surface area (Å²) < 4.78 is 8.03. The van der Waals surface area contributed by atoms with Crippen molar-refractivity contribution in [3.63, 3.8) is 0 Å². The first-order valence-corrected chi connectivity index (χ1v) is 9.03. The van der Waals surface area contributed by atoms with Gasteiger partial charge in [-0.15, -0.1) is 11.3 Å². The van der Waals surface area contributed by atoms with E-state index in [-0.39, 0.29) is 11.7 Å². The van der Waals surface area contributed by atoms with Crippen molar-refractivity contribution in [1.82, 2.24) is 5.32 Å². The molecule has 1 saturated carbocycles. The number of benzene rings is 1. The molecule has 112 valence electrons. The predicted octanol–water partition coefficient (Wildman–Crippen LogP) is 4.66. The molecule has 1 aromatic carbocycles. The Labute approximate surface area is 130 Å². The van der Waals surface area contributed by atoms with E-state index in [9.17, 15) is 0 Å². The monoisotopic (exact) mass is 301 g/mol. The molecule has 0 amide bonds. The summed E-state index contributed by atoms with van der Waals surface area (Å²) in [5.74, 6) is 0. The van der Waals surface area contributed by atoms with Gasteiger partial charge in [0.15, 0.2) is 0 Å². The van der Waals surface area contributed by atoms with Crippen LogP contribution in [0.1, 0.15) is 49.5 Å². The Balaban J connectivity index is 1.59. The van der Waals surface area contributed by atoms with E-state index in [0.717, 1.165) is 13.1 Å². The number of hydrogen-bond donors (Lipinski definition) is 1. The molecule has 2 nitrogen and oxygen atoms in total. The maximum atomic E-state index is 6.66. The highest BCUT2D eigenvalue weighted by Crippen LogP contribution is 2.40. The molecule has 2 aliphatic rings. The summed E-state index contributed by atoms with van der Waals surface area (Å²) in [5.41, 5.74) is 0.0928. The Hall–Kier alpha value is -0.900. The molecule has 0 bridgehead atoms. The molecular weight excluding hydrogens is 278 g/mol. The van der Waals surface area contributed by atoms with E-state index in [4.69, 9.17) is 4.74 Å². The largest absolute Gasteiger partial charge is 0.364 e. The van der Waals surface area contributed by atoms with Gasteiger partial charge in [0.1, 0.15) is 6.10 Å². The van der Waals surface area contributed by atoms with Crippen molar-refractivity contribution in [1.29, 1.82) is 0 Å². The summed E-state index contributed by atoms with van der Waals surface area (Å²) >= 11 is 1.89. The lowest BCUT2D eigenvalue weighted by atomic mass is 9.92. The van der Waals surface area contributed by atoms with Gasteiger partial charge in [0.25, 0.3) is 0 Å². The third kappa shape index (κ3) is 2.75. The molecule has 1 spiro atoms. The van der Waals surface area contributed by atoms with E-state index in [1.54, 1.807) is 0 Å². The van der Waals surface area contributed by atoms with Gasteiger partial charge in [0.05, 0.1) is 5.60 Å². The number of morpholine rings is 1. The first-order chi connectivity index (χ1) is 10.3. The maximum absolute atomic E-state index is 6.66. The third-order valence-corrected chi connectivity index (χ3v) is 6.15. The number of nitrogens with one attached hydrogen (secondary N) is 1. The third-order valence-electron chi connectivity index (χ3n) is 4.95. The van der Waals surface area contributed by atoms with Crippen LogP contribution in [0, 0.1) is 0 Å².